The van der Waals surface area contributed by atoms with Crippen molar-refractivity contribution in [1.82, 2.24) is 4.90 Å². The van der Waals surface area contributed by atoms with Crippen LogP contribution < -0.4 is 4.90 Å². The van der Waals surface area contributed by atoms with Crippen LogP contribution in [0.3, 0.4) is 0 Å². The van der Waals surface area contributed by atoms with Crippen molar-refractivity contribution < 1.29 is 9.50 Å². The maximum atomic E-state index is 13.1. The number of benzene rings is 2. The Bertz CT molecular complexity index is 657. The number of para-hydroxylation sites is 2. The molecule has 5 heteroatoms. The molecule has 0 unspecified atom stereocenters. The molecule has 116 valence electrons. The van der Waals surface area contributed by atoms with E-state index in [0.29, 0.717) is 5.75 Å². The van der Waals surface area contributed by atoms with Crippen LogP contribution in [-0.4, -0.2) is 36.2 Å². The summed E-state index contributed by atoms with van der Waals surface area (Å²) in [7, 11) is 0. The molecule has 1 aliphatic rings. The zero-order valence-corrected chi connectivity index (χ0v) is 13.8. The van der Waals surface area contributed by atoms with Crippen molar-refractivity contribution >= 4 is 21.6 Å². The summed E-state index contributed by atoms with van der Waals surface area (Å²) in [5.74, 6) is 0.109. The average molecular weight is 365 g/mol. The first-order chi connectivity index (χ1) is 10.6. The third-order valence-electron chi connectivity index (χ3n) is 4.00. The Hall–Kier alpha value is -1.59. The SMILES string of the molecule is Oc1ccccc1N1CCN(Cc2ccc(F)cc2Br)CC1. The van der Waals surface area contributed by atoms with Gasteiger partial charge in [-0.3, -0.25) is 4.90 Å². The molecular weight excluding hydrogens is 347 g/mol. The second-order valence-corrected chi connectivity index (χ2v) is 6.34. The lowest BCUT2D eigenvalue weighted by Crippen LogP contribution is -2.46. The molecule has 0 atom stereocenters. The Kier molecular flexibility index (Phi) is 4.64. The van der Waals surface area contributed by atoms with E-state index in [-0.39, 0.29) is 5.82 Å². The van der Waals surface area contributed by atoms with Gasteiger partial charge in [0.15, 0.2) is 0 Å². The van der Waals surface area contributed by atoms with Gasteiger partial charge in [-0.1, -0.05) is 34.1 Å². The predicted octanol–water partition coefficient (Wildman–Crippen LogP) is 3.62. The number of phenolic OH excluding ortho intramolecular Hbond substituents is 1. The summed E-state index contributed by atoms with van der Waals surface area (Å²) in [4.78, 5) is 4.54. The number of nitrogens with zero attached hydrogens (tertiary/aromatic N) is 2. The van der Waals surface area contributed by atoms with E-state index < -0.39 is 0 Å². The molecular formula is C17H18BrFN2O. The molecule has 0 amide bonds. The van der Waals surface area contributed by atoms with Crippen LogP contribution in [0.15, 0.2) is 46.9 Å². The second kappa shape index (κ2) is 6.67. The minimum absolute atomic E-state index is 0.222. The molecule has 3 rings (SSSR count). The lowest BCUT2D eigenvalue weighted by Gasteiger charge is -2.36. The highest BCUT2D eigenvalue weighted by molar-refractivity contribution is 9.10. The average Bonchev–Trinajstić information content (AvgIpc) is 2.51. The standard InChI is InChI=1S/C17H18BrFN2O/c18-15-11-14(19)6-5-13(15)12-20-7-9-21(10-8-20)16-3-1-2-4-17(16)22/h1-6,11,22H,7-10,12H2. The number of anilines is 1. The molecule has 1 N–H and O–H groups in total. The van der Waals surface area contributed by atoms with E-state index in [9.17, 15) is 9.50 Å². The molecule has 22 heavy (non-hydrogen) atoms. The summed E-state index contributed by atoms with van der Waals surface area (Å²) in [6.07, 6.45) is 0. The Morgan fingerprint density at radius 2 is 1.77 bits per heavy atom. The zero-order valence-electron chi connectivity index (χ0n) is 12.2. The number of halogens is 2. The van der Waals surface area contributed by atoms with Gasteiger partial charge in [0, 0.05) is 37.2 Å². The van der Waals surface area contributed by atoms with E-state index in [0.717, 1.165) is 48.4 Å². The number of aromatic hydroxyl groups is 1. The molecule has 0 radical (unpaired) electrons. The van der Waals surface area contributed by atoms with Crippen LogP contribution in [-0.2, 0) is 6.54 Å². The highest BCUT2D eigenvalue weighted by Crippen LogP contribution is 2.27. The van der Waals surface area contributed by atoms with Gasteiger partial charge in [0.05, 0.1) is 5.69 Å². The molecule has 0 spiro atoms. The second-order valence-electron chi connectivity index (χ2n) is 5.49. The van der Waals surface area contributed by atoms with Gasteiger partial charge in [0.2, 0.25) is 0 Å². The lowest BCUT2D eigenvalue weighted by atomic mass is 10.2. The molecule has 3 nitrogen and oxygen atoms in total. The smallest absolute Gasteiger partial charge is 0.138 e. The maximum absolute atomic E-state index is 13.1. The molecule has 1 aliphatic heterocycles. The molecule has 2 aromatic carbocycles. The van der Waals surface area contributed by atoms with Gasteiger partial charge >= 0.3 is 0 Å². The predicted molar refractivity (Wildman–Crippen MR) is 89.7 cm³/mol. The fourth-order valence-corrected chi connectivity index (χ4v) is 3.25. The van der Waals surface area contributed by atoms with Gasteiger partial charge in [-0.25, -0.2) is 4.39 Å². The summed E-state index contributed by atoms with van der Waals surface area (Å²) in [6.45, 7) is 4.37. The van der Waals surface area contributed by atoms with E-state index in [1.165, 1.54) is 12.1 Å². The first-order valence-corrected chi connectivity index (χ1v) is 8.12. The summed E-state index contributed by atoms with van der Waals surface area (Å²) in [5.41, 5.74) is 1.99. The molecule has 1 heterocycles. The van der Waals surface area contributed by atoms with E-state index in [4.69, 9.17) is 0 Å². The van der Waals surface area contributed by atoms with E-state index in [1.54, 1.807) is 6.07 Å². The van der Waals surface area contributed by atoms with Crippen LogP contribution in [0.1, 0.15) is 5.56 Å². The van der Waals surface area contributed by atoms with Gasteiger partial charge in [-0.05, 0) is 29.8 Å². The Balaban J connectivity index is 1.61. The topological polar surface area (TPSA) is 26.7 Å². The highest BCUT2D eigenvalue weighted by atomic mass is 79.9. The van der Waals surface area contributed by atoms with Gasteiger partial charge in [-0.2, -0.15) is 0 Å². The fourth-order valence-electron chi connectivity index (χ4n) is 2.77. The van der Waals surface area contributed by atoms with E-state index in [2.05, 4.69) is 25.7 Å². The third kappa shape index (κ3) is 3.42. The van der Waals surface area contributed by atoms with Gasteiger partial charge < -0.3 is 10.0 Å². The highest BCUT2D eigenvalue weighted by Gasteiger charge is 2.19. The van der Waals surface area contributed by atoms with E-state index >= 15 is 0 Å². The Morgan fingerprint density at radius 1 is 1.05 bits per heavy atom. The van der Waals surface area contributed by atoms with Crippen LogP contribution in [0.5, 0.6) is 5.75 Å². The van der Waals surface area contributed by atoms with Crippen molar-refractivity contribution in [3.05, 3.63) is 58.3 Å². The quantitative estimate of drug-likeness (QED) is 0.900. The monoisotopic (exact) mass is 364 g/mol. The molecule has 0 aliphatic carbocycles. The summed E-state index contributed by atoms with van der Waals surface area (Å²) >= 11 is 3.42. The van der Waals surface area contributed by atoms with Crippen molar-refractivity contribution in [3.8, 4) is 5.75 Å². The summed E-state index contributed by atoms with van der Waals surface area (Å²) in [5, 5.41) is 9.93. The fraction of sp³-hybridized carbons (Fsp3) is 0.294. The van der Waals surface area contributed by atoms with Crippen LogP contribution in [0.25, 0.3) is 0 Å². The Labute approximate surface area is 138 Å². The normalized spacial score (nSPS) is 16.0. The van der Waals surface area contributed by atoms with Crippen molar-refractivity contribution in [1.29, 1.82) is 0 Å². The number of hydrogen-bond donors (Lipinski definition) is 1. The largest absolute Gasteiger partial charge is 0.506 e. The van der Waals surface area contributed by atoms with Crippen molar-refractivity contribution in [2.45, 2.75) is 6.54 Å². The summed E-state index contributed by atoms with van der Waals surface area (Å²) < 4.78 is 13.9. The van der Waals surface area contributed by atoms with Crippen molar-refractivity contribution in [3.63, 3.8) is 0 Å². The number of phenols is 1. The number of rotatable bonds is 3. The van der Waals surface area contributed by atoms with Gasteiger partial charge in [-0.15, -0.1) is 0 Å². The maximum Gasteiger partial charge on any atom is 0.138 e. The van der Waals surface area contributed by atoms with Crippen LogP contribution in [0.4, 0.5) is 10.1 Å². The van der Waals surface area contributed by atoms with Gasteiger partial charge in [0.1, 0.15) is 11.6 Å². The van der Waals surface area contributed by atoms with E-state index in [1.807, 2.05) is 24.3 Å². The first kappa shape index (κ1) is 15.3. The van der Waals surface area contributed by atoms with Crippen molar-refractivity contribution in [2.75, 3.05) is 31.1 Å². The number of piperazine rings is 1. The Morgan fingerprint density at radius 3 is 2.45 bits per heavy atom. The van der Waals surface area contributed by atoms with Gasteiger partial charge in [0.25, 0.3) is 0 Å². The summed E-state index contributed by atoms with van der Waals surface area (Å²) in [6, 6.07) is 12.3. The molecule has 1 fully saturated rings. The van der Waals surface area contributed by atoms with Crippen LogP contribution >= 0.6 is 15.9 Å². The molecule has 2 aromatic rings. The van der Waals surface area contributed by atoms with Crippen LogP contribution in [0.2, 0.25) is 0 Å². The molecule has 0 saturated carbocycles. The first-order valence-electron chi connectivity index (χ1n) is 7.33. The lowest BCUT2D eigenvalue weighted by molar-refractivity contribution is 0.248. The number of hydrogen-bond acceptors (Lipinski definition) is 3. The minimum Gasteiger partial charge on any atom is -0.506 e. The molecule has 1 saturated heterocycles. The zero-order chi connectivity index (χ0) is 15.5. The third-order valence-corrected chi connectivity index (χ3v) is 4.74. The minimum atomic E-state index is -0.222. The molecule has 0 aromatic heterocycles. The van der Waals surface area contributed by atoms with Crippen molar-refractivity contribution in [2.24, 2.45) is 0 Å². The van der Waals surface area contributed by atoms with Crippen LogP contribution in [0, 0.1) is 5.82 Å². The molecule has 0 bridgehead atoms.